The van der Waals surface area contributed by atoms with Crippen molar-refractivity contribution in [2.45, 2.75) is 19.4 Å². The van der Waals surface area contributed by atoms with E-state index in [4.69, 9.17) is 4.74 Å². The van der Waals surface area contributed by atoms with Crippen LogP contribution in [-0.4, -0.2) is 60.8 Å². The molecule has 0 aliphatic carbocycles. The molecule has 0 radical (unpaired) electrons. The Morgan fingerprint density at radius 3 is 2.71 bits per heavy atom. The number of ketones is 1. The lowest BCUT2D eigenvalue weighted by atomic mass is 9.96. The Hall–Kier alpha value is -1.88. The third-order valence-corrected chi connectivity index (χ3v) is 4.09. The molecule has 0 saturated carbocycles. The molecule has 0 aromatic heterocycles. The van der Waals surface area contributed by atoms with Gasteiger partial charge in [0, 0.05) is 25.7 Å². The third kappa shape index (κ3) is 3.08. The topological polar surface area (TPSA) is 49.9 Å². The minimum atomic E-state index is -0.651. The molecular weight excluding hydrogens is 268 g/mol. The minimum absolute atomic E-state index is 0.000622. The zero-order chi connectivity index (χ0) is 15.6. The van der Waals surface area contributed by atoms with Gasteiger partial charge in [-0.3, -0.25) is 14.5 Å². The second-order valence-corrected chi connectivity index (χ2v) is 5.86. The summed E-state index contributed by atoms with van der Waals surface area (Å²) in [6, 6.07) is 7.11. The maximum atomic E-state index is 12.4. The molecule has 0 unspecified atom stereocenters. The maximum absolute atomic E-state index is 12.4. The fourth-order valence-corrected chi connectivity index (χ4v) is 2.59. The zero-order valence-electron chi connectivity index (χ0n) is 13.0. The molecule has 21 heavy (non-hydrogen) atoms. The van der Waals surface area contributed by atoms with E-state index in [9.17, 15) is 9.59 Å². The van der Waals surface area contributed by atoms with Crippen LogP contribution in [0.1, 0.15) is 24.2 Å². The van der Waals surface area contributed by atoms with Crippen molar-refractivity contribution in [3.63, 3.8) is 0 Å². The third-order valence-electron chi connectivity index (χ3n) is 4.09. The number of amides is 1. The number of hydrogen-bond acceptors (Lipinski definition) is 4. The van der Waals surface area contributed by atoms with Crippen LogP contribution in [0.5, 0.6) is 5.75 Å². The molecule has 5 heteroatoms. The van der Waals surface area contributed by atoms with E-state index in [0.717, 1.165) is 0 Å². The van der Waals surface area contributed by atoms with Crippen LogP contribution in [-0.2, 0) is 4.79 Å². The van der Waals surface area contributed by atoms with Crippen LogP contribution in [0.4, 0.5) is 0 Å². The fraction of sp³-hybridized carbons (Fsp3) is 0.500. The van der Waals surface area contributed by atoms with Gasteiger partial charge >= 0.3 is 0 Å². The predicted octanol–water partition coefficient (Wildman–Crippen LogP) is 1.43. The summed E-state index contributed by atoms with van der Waals surface area (Å²) in [4.78, 5) is 28.3. The number of carbonyl (C=O) groups is 2. The van der Waals surface area contributed by atoms with Crippen LogP contribution in [0.25, 0.3) is 0 Å². The summed E-state index contributed by atoms with van der Waals surface area (Å²) in [6.45, 7) is 5.31. The summed E-state index contributed by atoms with van der Waals surface area (Å²) >= 11 is 0. The second-order valence-electron chi connectivity index (χ2n) is 5.86. The van der Waals surface area contributed by atoms with E-state index >= 15 is 0 Å². The second kappa shape index (κ2) is 5.85. The number of likely N-dealkylation sites (N-methyl/N-ethyl adjacent to an activating group) is 1. The monoisotopic (exact) mass is 290 g/mol. The molecule has 5 nitrogen and oxygen atoms in total. The van der Waals surface area contributed by atoms with Gasteiger partial charge in [0.15, 0.2) is 5.78 Å². The van der Waals surface area contributed by atoms with Gasteiger partial charge in [-0.2, -0.15) is 0 Å². The highest BCUT2D eigenvalue weighted by Crippen LogP contribution is 2.22. The Morgan fingerprint density at radius 2 is 2.05 bits per heavy atom. The van der Waals surface area contributed by atoms with Crippen LogP contribution >= 0.6 is 0 Å². The average molecular weight is 290 g/mol. The first-order chi connectivity index (χ1) is 9.86. The molecule has 1 aliphatic heterocycles. The van der Waals surface area contributed by atoms with Gasteiger partial charge in [-0.05, 0) is 26.0 Å². The number of methoxy groups -OCH3 is 1. The van der Waals surface area contributed by atoms with Crippen molar-refractivity contribution in [1.82, 2.24) is 9.80 Å². The Morgan fingerprint density at radius 1 is 1.33 bits per heavy atom. The Bertz CT molecular complexity index is 554. The summed E-state index contributed by atoms with van der Waals surface area (Å²) in [6.07, 6.45) is 0. The maximum Gasteiger partial charge on any atom is 0.242 e. The number of ether oxygens (including phenoxy) is 1. The Labute approximate surface area is 125 Å². The van der Waals surface area contributed by atoms with Crippen molar-refractivity contribution in [3.8, 4) is 5.75 Å². The number of benzene rings is 1. The Kier molecular flexibility index (Phi) is 4.32. The standard InChI is InChI=1S/C16H22N2O3/c1-16(2)15(20)17(3)8-9-18(16)11-14(19)12-6-5-7-13(10-12)21-4/h5-7,10H,8-9,11H2,1-4H3. The molecule has 114 valence electrons. The van der Waals surface area contributed by atoms with Crippen LogP contribution in [0.15, 0.2) is 24.3 Å². The number of carbonyl (C=O) groups excluding carboxylic acids is 2. The van der Waals surface area contributed by atoms with Crippen molar-refractivity contribution in [3.05, 3.63) is 29.8 Å². The number of rotatable bonds is 4. The molecule has 1 amide bonds. The fourth-order valence-electron chi connectivity index (χ4n) is 2.59. The molecule has 1 heterocycles. The molecule has 1 aromatic rings. The molecular formula is C16H22N2O3. The molecule has 1 aromatic carbocycles. The lowest BCUT2D eigenvalue weighted by molar-refractivity contribution is -0.146. The van der Waals surface area contributed by atoms with Crippen molar-refractivity contribution >= 4 is 11.7 Å². The van der Waals surface area contributed by atoms with E-state index in [1.165, 1.54) is 0 Å². The van der Waals surface area contributed by atoms with E-state index in [0.29, 0.717) is 24.4 Å². The molecule has 0 N–H and O–H groups in total. The number of Topliss-reactive ketones (excluding diaryl/α,β-unsaturated/α-hetero) is 1. The van der Waals surface area contributed by atoms with E-state index in [1.54, 1.807) is 43.3 Å². The average Bonchev–Trinajstić information content (AvgIpc) is 2.48. The summed E-state index contributed by atoms with van der Waals surface area (Å²) < 4.78 is 5.14. The van der Waals surface area contributed by atoms with Crippen LogP contribution in [0.2, 0.25) is 0 Å². The summed E-state index contributed by atoms with van der Waals surface area (Å²) in [5, 5.41) is 0. The van der Waals surface area contributed by atoms with Crippen LogP contribution < -0.4 is 4.74 Å². The van der Waals surface area contributed by atoms with Gasteiger partial charge in [-0.1, -0.05) is 12.1 Å². The zero-order valence-corrected chi connectivity index (χ0v) is 13.0. The predicted molar refractivity (Wildman–Crippen MR) is 80.6 cm³/mol. The summed E-state index contributed by atoms with van der Waals surface area (Å²) in [5.41, 5.74) is -0.0434. The minimum Gasteiger partial charge on any atom is -0.497 e. The molecule has 0 spiro atoms. The quantitative estimate of drug-likeness (QED) is 0.787. The van der Waals surface area contributed by atoms with Crippen molar-refractivity contribution in [2.75, 3.05) is 33.8 Å². The Balaban J connectivity index is 2.13. The first-order valence-corrected chi connectivity index (χ1v) is 7.04. The SMILES string of the molecule is COc1cccc(C(=O)CN2CCN(C)C(=O)C2(C)C)c1. The first-order valence-electron chi connectivity index (χ1n) is 7.04. The highest BCUT2D eigenvalue weighted by atomic mass is 16.5. The number of piperazine rings is 1. The molecule has 1 fully saturated rings. The van der Waals surface area contributed by atoms with Crippen LogP contribution in [0, 0.1) is 0 Å². The summed E-state index contributed by atoms with van der Waals surface area (Å²) in [5.74, 6) is 0.709. The van der Waals surface area contributed by atoms with Gasteiger partial charge in [0.05, 0.1) is 19.2 Å². The lowest BCUT2D eigenvalue weighted by Gasteiger charge is -2.44. The van der Waals surface area contributed by atoms with Gasteiger partial charge < -0.3 is 9.64 Å². The van der Waals surface area contributed by atoms with Crippen LogP contribution in [0.3, 0.4) is 0 Å². The van der Waals surface area contributed by atoms with Crippen molar-refractivity contribution in [1.29, 1.82) is 0 Å². The van der Waals surface area contributed by atoms with Gasteiger partial charge in [0.2, 0.25) is 5.91 Å². The highest BCUT2D eigenvalue weighted by Gasteiger charge is 2.41. The molecule has 0 atom stereocenters. The number of nitrogens with zero attached hydrogens (tertiary/aromatic N) is 2. The lowest BCUT2D eigenvalue weighted by Crippen LogP contribution is -2.62. The van der Waals surface area contributed by atoms with Gasteiger partial charge in [0.25, 0.3) is 0 Å². The normalized spacial score (nSPS) is 18.7. The molecule has 2 rings (SSSR count). The molecule has 0 bridgehead atoms. The van der Waals surface area contributed by atoms with Gasteiger partial charge in [-0.25, -0.2) is 0 Å². The summed E-state index contributed by atoms with van der Waals surface area (Å²) in [7, 11) is 3.37. The van der Waals surface area contributed by atoms with E-state index in [2.05, 4.69) is 0 Å². The van der Waals surface area contributed by atoms with Crippen molar-refractivity contribution < 1.29 is 14.3 Å². The highest BCUT2D eigenvalue weighted by molar-refractivity contribution is 5.98. The van der Waals surface area contributed by atoms with Crippen molar-refractivity contribution in [2.24, 2.45) is 0 Å². The van der Waals surface area contributed by atoms with E-state index in [-0.39, 0.29) is 18.2 Å². The molecule has 1 saturated heterocycles. The smallest absolute Gasteiger partial charge is 0.242 e. The van der Waals surface area contributed by atoms with E-state index < -0.39 is 5.54 Å². The largest absolute Gasteiger partial charge is 0.497 e. The van der Waals surface area contributed by atoms with Gasteiger partial charge in [-0.15, -0.1) is 0 Å². The number of hydrogen-bond donors (Lipinski definition) is 0. The molecule has 1 aliphatic rings. The van der Waals surface area contributed by atoms with Gasteiger partial charge in [0.1, 0.15) is 5.75 Å². The van der Waals surface area contributed by atoms with E-state index in [1.807, 2.05) is 18.7 Å². The first kappa shape index (κ1) is 15.5.